The van der Waals surface area contributed by atoms with Gasteiger partial charge in [0.15, 0.2) is 0 Å². The lowest BCUT2D eigenvalue weighted by atomic mass is 10.1. The predicted octanol–water partition coefficient (Wildman–Crippen LogP) is 0.475. The van der Waals surface area contributed by atoms with Gasteiger partial charge in [-0.05, 0) is 32.2 Å². The molecule has 1 aliphatic rings. The van der Waals surface area contributed by atoms with Crippen LogP contribution in [0.5, 0.6) is 0 Å². The minimum absolute atomic E-state index is 0. The number of rotatable bonds is 4. The van der Waals surface area contributed by atoms with Crippen LogP contribution in [-0.2, 0) is 10.0 Å². The van der Waals surface area contributed by atoms with Gasteiger partial charge in [0.25, 0.3) is 0 Å². The van der Waals surface area contributed by atoms with Crippen LogP contribution in [0.15, 0.2) is 0 Å². The number of hydrogen-bond donors (Lipinski definition) is 2. The van der Waals surface area contributed by atoms with Gasteiger partial charge in [-0.1, -0.05) is 6.42 Å². The number of nitrogens with two attached hydrogens (primary N) is 1. The zero-order valence-corrected chi connectivity index (χ0v) is 10.0. The fourth-order valence-electron chi connectivity index (χ4n) is 1.79. The van der Waals surface area contributed by atoms with Crippen molar-refractivity contribution in [1.29, 1.82) is 0 Å². The molecule has 1 aliphatic carbocycles. The molecule has 14 heavy (non-hydrogen) atoms. The van der Waals surface area contributed by atoms with Gasteiger partial charge in [-0.3, -0.25) is 0 Å². The maximum Gasteiger partial charge on any atom is 0.211 e. The third-order valence-corrected chi connectivity index (χ3v) is 4.09. The van der Waals surface area contributed by atoms with Gasteiger partial charge in [0.1, 0.15) is 0 Å². The molecule has 1 rings (SSSR count). The number of halogens is 1. The van der Waals surface area contributed by atoms with E-state index in [1.165, 1.54) is 0 Å². The molecule has 86 valence electrons. The van der Waals surface area contributed by atoms with E-state index in [0.29, 0.717) is 12.5 Å². The Morgan fingerprint density at radius 3 is 2.57 bits per heavy atom. The van der Waals surface area contributed by atoms with Gasteiger partial charge < -0.3 is 5.73 Å². The molecule has 4 nitrogen and oxygen atoms in total. The third-order valence-electron chi connectivity index (χ3n) is 2.67. The molecule has 0 aromatic carbocycles. The molecule has 0 spiro atoms. The number of nitrogens with one attached hydrogen (secondary N) is 1. The van der Waals surface area contributed by atoms with E-state index in [9.17, 15) is 8.42 Å². The van der Waals surface area contributed by atoms with E-state index in [0.717, 1.165) is 19.3 Å². The lowest BCUT2D eigenvalue weighted by molar-refractivity contribution is 0.453. The van der Waals surface area contributed by atoms with Crippen LogP contribution in [0.2, 0.25) is 0 Å². The van der Waals surface area contributed by atoms with Gasteiger partial charge in [-0.15, -0.1) is 12.4 Å². The summed E-state index contributed by atoms with van der Waals surface area (Å²) in [7, 11) is -3.05. The first-order chi connectivity index (χ1) is 6.09. The maximum atomic E-state index is 11.3. The summed E-state index contributed by atoms with van der Waals surface area (Å²) in [6, 6.07) is 0.0787. The molecular formula is C8H19ClN2O2S. The molecule has 0 amide bonds. The van der Waals surface area contributed by atoms with Gasteiger partial charge in [0, 0.05) is 6.04 Å². The van der Waals surface area contributed by atoms with Crippen molar-refractivity contribution in [3.8, 4) is 0 Å². The van der Waals surface area contributed by atoms with Crippen LogP contribution in [0.3, 0.4) is 0 Å². The van der Waals surface area contributed by atoms with Crippen LogP contribution in [0.1, 0.15) is 26.2 Å². The van der Waals surface area contributed by atoms with Gasteiger partial charge in [-0.2, -0.15) is 0 Å². The topological polar surface area (TPSA) is 72.2 Å². The highest BCUT2D eigenvalue weighted by atomic mass is 35.5. The minimum atomic E-state index is -3.05. The molecule has 1 fully saturated rings. The van der Waals surface area contributed by atoms with E-state index in [-0.39, 0.29) is 24.2 Å². The first-order valence-electron chi connectivity index (χ1n) is 4.79. The molecule has 0 saturated heterocycles. The van der Waals surface area contributed by atoms with Crippen molar-refractivity contribution in [3.63, 3.8) is 0 Å². The molecule has 2 unspecified atom stereocenters. The van der Waals surface area contributed by atoms with Crippen LogP contribution >= 0.6 is 12.4 Å². The molecule has 0 bridgehead atoms. The van der Waals surface area contributed by atoms with Crippen molar-refractivity contribution in [1.82, 2.24) is 4.72 Å². The van der Waals surface area contributed by atoms with Crippen molar-refractivity contribution in [2.45, 2.75) is 32.2 Å². The van der Waals surface area contributed by atoms with Gasteiger partial charge >= 0.3 is 0 Å². The first-order valence-corrected chi connectivity index (χ1v) is 6.44. The maximum absolute atomic E-state index is 11.3. The van der Waals surface area contributed by atoms with E-state index in [4.69, 9.17) is 5.73 Å². The summed E-state index contributed by atoms with van der Waals surface area (Å²) in [6.07, 6.45) is 3.06. The van der Waals surface area contributed by atoms with Crippen LogP contribution < -0.4 is 10.5 Å². The molecule has 6 heteroatoms. The molecule has 0 aliphatic heterocycles. The highest BCUT2D eigenvalue weighted by Gasteiger charge is 2.28. The molecule has 0 aromatic rings. The summed E-state index contributed by atoms with van der Waals surface area (Å²) >= 11 is 0. The average molecular weight is 243 g/mol. The summed E-state index contributed by atoms with van der Waals surface area (Å²) < 4.78 is 25.2. The smallest absolute Gasteiger partial charge is 0.211 e. The van der Waals surface area contributed by atoms with Crippen molar-refractivity contribution in [2.24, 2.45) is 11.7 Å². The Morgan fingerprint density at radius 2 is 2.07 bits per heavy atom. The van der Waals surface area contributed by atoms with Crippen molar-refractivity contribution in [2.75, 3.05) is 12.3 Å². The molecule has 0 radical (unpaired) electrons. The number of hydrogen-bond acceptors (Lipinski definition) is 3. The van der Waals surface area contributed by atoms with E-state index in [1.807, 2.05) is 0 Å². The highest BCUT2D eigenvalue weighted by molar-refractivity contribution is 7.89. The van der Waals surface area contributed by atoms with Crippen LogP contribution in [0.25, 0.3) is 0 Å². The second kappa shape index (κ2) is 5.90. The number of sulfonamides is 1. The monoisotopic (exact) mass is 242 g/mol. The van der Waals surface area contributed by atoms with Gasteiger partial charge in [0.05, 0.1) is 5.75 Å². The highest BCUT2D eigenvalue weighted by Crippen LogP contribution is 2.24. The first kappa shape index (κ1) is 14.2. The fourth-order valence-corrected chi connectivity index (χ4v) is 2.73. The van der Waals surface area contributed by atoms with Gasteiger partial charge in [0.2, 0.25) is 10.0 Å². The quantitative estimate of drug-likeness (QED) is 0.753. The zero-order valence-electron chi connectivity index (χ0n) is 8.40. The Morgan fingerprint density at radius 1 is 1.43 bits per heavy atom. The predicted molar refractivity (Wildman–Crippen MR) is 60.0 cm³/mol. The van der Waals surface area contributed by atoms with E-state index < -0.39 is 10.0 Å². The molecule has 0 heterocycles. The Kier molecular flexibility index (Phi) is 5.97. The summed E-state index contributed by atoms with van der Waals surface area (Å²) in [4.78, 5) is 0. The van der Waals surface area contributed by atoms with Crippen molar-refractivity contribution >= 4 is 22.4 Å². The third kappa shape index (κ3) is 3.73. The Labute approximate surface area is 92.1 Å². The molecule has 2 atom stereocenters. The standard InChI is InChI=1S/C8H18N2O2S.ClH/c1-2-13(11,12)10-8-5-3-4-7(8)6-9;/h7-8,10H,2-6,9H2,1H3;1H. The normalized spacial score (nSPS) is 27.3. The Balaban J connectivity index is 0.00000169. The Bertz CT molecular complexity index is 256. The SMILES string of the molecule is CCS(=O)(=O)NC1CCCC1CN.Cl. The minimum Gasteiger partial charge on any atom is -0.330 e. The van der Waals surface area contributed by atoms with Gasteiger partial charge in [-0.25, -0.2) is 13.1 Å². The summed E-state index contributed by atoms with van der Waals surface area (Å²) in [5, 5.41) is 0. The van der Waals surface area contributed by atoms with E-state index in [2.05, 4.69) is 4.72 Å². The molecule has 1 saturated carbocycles. The molecule has 3 N–H and O–H groups in total. The lowest BCUT2D eigenvalue weighted by Gasteiger charge is -2.18. The molecular weight excluding hydrogens is 224 g/mol. The summed E-state index contributed by atoms with van der Waals surface area (Å²) in [6.45, 7) is 2.23. The Hall–Kier alpha value is 0.160. The lowest BCUT2D eigenvalue weighted by Crippen LogP contribution is -2.40. The van der Waals surface area contributed by atoms with E-state index in [1.54, 1.807) is 6.92 Å². The zero-order chi connectivity index (χ0) is 9.90. The second-order valence-corrected chi connectivity index (χ2v) is 5.60. The largest absolute Gasteiger partial charge is 0.330 e. The van der Waals surface area contributed by atoms with Crippen LogP contribution in [0.4, 0.5) is 0 Å². The molecule has 0 aromatic heterocycles. The van der Waals surface area contributed by atoms with E-state index >= 15 is 0 Å². The van der Waals surface area contributed by atoms with Crippen molar-refractivity contribution < 1.29 is 8.42 Å². The second-order valence-electron chi connectivity index (χ2n) is 3.55. The average Bonchev–Trinajstić information content (AvgIpc) is 2.51. The summed E-state index contributed by atoms with van der Waals surface area (Å²) in [5.74, 6) is 0.488. The van der Waals surface area contributed by atoms with Crippen molar-refractivity contribution in [3.05, 3.63) is 0 Å². The fraction of sp³-hybridized carbons (Fsp3) is 1.00. The summed E-state index contributed by atoms with van der Waals surface area (Å²) in [5.41, 5.74) is 5.55. The van der Waals surface area contributed by atoms with Crippen LogP contribution in [0, 0.1) is 5.92 Å². The van der Waals surface area contributed by atoms with Crippen LogP contribution in [-0.4, -0.2) is 26.8 Å².